The molecule has 0 spiro atoms. The summed E-state index contributed by atoms with van der Waals surface area (Å²) < 4.78 is 45.1. The normalized spacial score (nSPS) is 16.1. The Bertz CT molecular complexity index is 3190. The van der Waals surface area contributed by atoms with Gasteiger partial charge in [0, 0.05) is 27.8 Å². The van der Waals surface area contributed by atoms with E-state index < -0.39 is 62.1 Å². The first-order chi connectivity index (χ1) is 34.6. The molecule has 1 unspecified atom stereocenters. The van der Waals surface area contributed by atoms with E-state index in [-0.39, 0.29) is 44.5 Å². The van der Waals surface area contributed by atoms with Crippen molar-refractivity contribution in [3.8, 4) is 5.75 Å². The number of benzene rings is 5. The number of sulfone groups is 1. The number of thioether (sulfide) groups is 1. The molecule has 3 amide bonds. The molecule has 7 aromatic rings. The van der Waals surface area contributed by atoms with E-state index in [1.807, 2.05) is 91.0 Å². The van der Waals surface area contributed by atoms with Gasteiger partial charge in [0.2, 0.25) is 19.8 Å². The highest BCUT2D eigenvalue weighted by Gasteiger charge is 2.55. The van der Waals surface area contributed by atoms with Gasteiger partial charge in [-0.1, -0.05) is 120 Å². The van der Waals surface area contributed by atoms with Crippen molar-refractivity contribution < 1.29 is 46.6 Å². The van der Waals surface area contributed by atoms with Crippen LogP contribution >= 0.6 is 34.4 Å². The molecule has 1 fully saturated rings. The zero-order chi connectivity index (χ0) is 50.6. The molecule has 4 heterocycles. The van der Waals surface area contributed by atoms with E-state index in [0.29, 0.717) is 38.2 Å². The number of hydrogen-bond donors (Lipinski definition) is 2. The van der Waals surface area contributed by atoms with Crippen LogP contribution in [0.15, 0.2) is 166 Å². The molecule has 2 N–H and O–H groups in total. The van der Waals surface area contributed by atoms with E-state index in [2.05, 4.69) is 25.8 Å². The Kier molecular flexibility index (Phi) is 14.3. The van der Waals surface area contributed by atoms with Gasteiger partial charge in [0.05, 0.1) is 23.1 Å². The number of esters is 1. The maximum absolute atomic E-state index is 14.9. The maximum atomic E-state index is 14.9. The number of thiazole rings is 2. The molecule has 2 atom stereocenters. The van der Waals surface area contributed by atoms with Gasteiger partial charge in [-0.15, -0.1) is 34.4 Å². The zero-order valence-electron chi connectivity index (χ0n) is 39.1. The van der Waals surface area contributed by atoms with E-state index in [1.165, 1.54) is 29.2 Å². The lowest BCUT2D eigenvalue weighted by atomic mass is 9.80. The molecule has 0 bridgehead atoms. The number of ether oxygens (including phenoxy) is 3. The second-order valence-electron chi connectivity index (χ2n) is 17.4. The number of carbonyl (C=O) groups excluding carboxylic acids is 4. The van der Waals surface area contributed by atoms with Gasteiger partial charge in [-0.2, -0.15) is 0 Å². The fourth-order valence-electron chi connectivity index (χ4n) is 8.03. The number of fused-ring (bicyclic) bond motifs is 2. The van der Waals surface area contributed by atoms with Crippen LogP contribution in [0, 0.1) is 0 Å². The molecule has 72 heavy (non-hydrogen) atoms. The number of nitrogens with one attached hydrogen (secondary N) is 2. The number of methoxy groups -OCH3 is 1. The van der Waals surface area contributed by atoms with Crippen molar-refractivity contribution in [1.29, 1.82) is 0 Å². The largest absolute Gasteiger partial charge is 0.497 e. The molecule has 20 heteroatoms. The smallest absolute Gasteiger partial charge is 0.413 e. The van der Waals surface area contributed by atoms with Gasteiger partial charge < -0.3 is 24.4 Å². The highest BCUT2D eigenvalue weighted by atomic mass is 32.2. The molecule has 2 aliphatic heterocycles. The number of anilines is 1. The van der Waals surface area contributed by atoms with Gasteiger partial charge in [-0.05, 0) is 56.2 Å². The average molecular weight is 1040 g/mol. The van der Waals surface area contributed by atoms with Crippen LogP contribution in [0.2, 0.25) is 0 Å². The predicted octanol–water partition coefficient (Wildman–Crippen LogP) is 8.69. The molecule has 16 nitrogen and oxygen atoms in total. The molecule has 0 radical (unpaired) electrons. The highest BCUT2D eigenvalue weighted by Crippen LogP contribution is 2.43. The number of nitrogens with zero attached hydrogens (tertiary/aromatic N) is 4. The summed E-state index contributed by atoms with van der Waals surface area (Å²) in [6.45, 7) is 4.96. The van der Waals surface area contributed by atoms with Crippen LogP contribution in [0.4, 0.5) is 9.93 Å². The molecule has 368 valence electrons. The van der Waals surface area contributed by atoms with Crippen molar-refractivity contribution >= 4 is 89.2 Å². The summed E-state index contributed by atoms with van der Waals surface area (Å²) in [5.41, 5.74) is 0.473. The molecular formula is C52H46N6O10S4. The first kappa shape index (κ1) is 49.6. The SMILES string of the molecule is COc1ccc(COC(=O)C2=C(CS(=O)(=O)c3nc4ccccc4s3)CS[C@@H]3C(NC(=O)/C(=N\OC(c4ccccc4)(c4ccccc4)c4ccccc4)c4csc(NC(=O)OC(C)(C)C)n4)C(=O)N23)cc1. The van der Waals surface area contributed by atoms with E-state index in [0.717, 1.165) is 22.7 Å². The van der Waals surface area contributed by atoms with Crippen LogP contribution < -0.4 is 15.4 Å². The van der Waals surface area contributed by atoms with Gasteiger partial charge in [-0.3, -0.25) is 19.8 Å². The van der Waals surface area contributed by atoms with Crippen molar-refractivity contribution in [1.82, 2.24) is 20.2 Å². The summed E-state index contributed by atoms with van der Waals surface area (Å²) >= 11 is 3.19. The van der Waals surface area contributed by atoms with E-state index >= 15 is 0 Å². The zero-order valence-corrected chi connectivity index (χ0v) is 42.4. The number of carbonyl (C=O) groups is 4. The first-order valence-corrected chi connectivity index (χ1v) is 26.8. The molecule has 0 saturated carbocycles. The summed E-state index contributed by atoms with van der Waals surface area (Å²) in [7, 11) is -2.60. The van der Waals surface area contributed by atoms with Crippen molar-refractivity contribution in [2.24, 2.45) is 5.16 Å². The molecule has 9 rings (SSSR count). The van der Waals surface area contributed by atoms with Crippen molar-refractivity contribution in [2.75, 3.05) is 23.9 Å². The monoisotopic (exact) mass is 1040 g/mol. The van der Waals surface area contributed by atoms with Gasteiger partial charge in [0.1, 0.15) is 40.8 Å². The Labute approximate surface area is 427 Å². The minimum absolute atomic E-state index is 0.00314. The minimum Gasteiger partial charge on any atom is -0.497 e. The standard InChI is InChI=1S/C52H46N6O10S4/c1-51(2,3)67-49(62)56-48-53-39(30-70-48)41(57-68-52(34-16-8-5-9-17-34,35-18-10-6-11-19-35)36-20-12-7-13-21-36)44(59)55-42-45(60)58-43(47(61)66-28-32-24-26-37(65-4)27-25-32)33(29-69-46(42)58)31-72(63,64)50-54-38-22-14-15-23-40(38)71-50/h5-27,30,42,46H,28-29,31H2,1-4H3,(H,55,59)(H,53,56,62)/b57-41-/t42?,46-/m1/s1. The van der Waals surface area contributed by atoms with Crippen LogP contribution in [0.1, 0.15) is 48.7 Å². The topological polar surface area (TPSA) is 205 Å². The maximum Gasteiger partial charge on any atom is 0.413 e. The number of rotatable bonds is 16. The quantitative estimate of drug-likeness (QED) is 0.0306. The van der Waals surface area contributed by atoms with E-state index in [9.17, 15) is 27.6 Å². The summed E-state index contributed by atoms with van der Waals surface area (Å²) in [6.07, 6.45) is -0.771. The summed E-state index contributed by atoms with van der Waals surface area (Å²) in [5.74, 6) is -2.54. The lowest BCUT2D eigenvalue weighted by Gasteiger charge is -2.49. The Hall–Kier alpha value is -7.39. The lowest BCUT2D eigenvalue weighted by Crippen LogP contribution is -2.71. The third-order valence-corrected chi connectivity index (χ3v) is 16.6. The summed E-state index contributed by atoms with van der Waals surface area (Å²) in [5, 5.41) is 10.7. The number of aromatic nitrogens is 2. The fourth-order valence-corrected chi connectivity index (χ4v) is 12.9. The third-order valence-electron chi connectivity index (χ3n) is 11.3. The van der Waals surface area contributed by atoms with E-state index in [1.54, 1.807) is 69.3 Å². The average Bonchev–Trinajstić information content (AvgIpc) is 4.04. The van der Waals surface area contributed by atoms with Crippen molar-refractivity contribution in [3.05, 3.63) is 184 Å². The number of β-lactam (4-membered cyclic amide) rings is 1. The van der Waals surface area contributed by atoms with Gasteiger partial charge in [0.15, 0.2) is 10.8 Å². The lowest BCUT2D eigenvalue weighted by molar-refractivity contribution is -0.153. The van der Waals surface area contributed by atoms with Crippen LogP contribution in [0.5, 0.6) is 5.75 Å². The van der Waals surface area contributed by atoms with Crippen molar-refractivity contribution in [2.45, 2.75) is 54.3 Å². The number of amides is 3. The van der Waals surface area contributed by atoms with Crippen LogP contribution in [0.25, 0.3) is 10.2 Å². The molecule has 2 aromatic heterocycles. The van der Waals surface area contributed by atoms with Crippen molar-refractivity contribution in [3.63, 3.8) is 0 Å². The van der Waals surface area contributed by atoms with E-state index in [4.69, 9.17) is 19.0 Å². The number of oxime groups is 1. The summed E-state index contributed by atoms with van der Waals surface area (Å²) in [6, 6.07) is 40.7. The predicted molar refractivity (Wildman–Crippen MR) is 275 cm³/mol. The fraction of sp³-hybridized carbons (Fsp3) is 0.212. The van der Waals surface area contributed by atoms with Crippen LogP contribution in [-0.4, -0.2) is 88.5 Å². The van der Waals surface area contributed by atoms with Gasteiger partial charge >= 0.3 is 12.1 Å². The number of para-hydroxylation sites is 1. The molecular weight excluding hydrogens is 997 g/mol. The summed E-state index contributed by atoms with van der Waals surface area (Å²) in [4.78, 5) is 73.2. The van der Waals surface area contributed by atoms with Crippen LogP contribution in [0.3, 0.4) is 0 Å². The second kappa shape index (κ2) is 20.8. The molecule has 0 aliphatic carbocycles. The Morgan fingerprint density at radius 1 is 0.819 bits per heavy atom. The second-order valence-corrected chi connectivity index (χ2v) is 22.6. The highest BCUT2D eigenvalue weighted by molar-refractivity contribution is 8.00. The number of hydrogen-bond acceptors (Lipinski definition) is 16. The molecule has 5 aromatic carbocycles. The Balaban J connectivity index is 1.06. The third kappa shape index (κ3) is 10.5. The first-order valence-electron chi connectivity index (χ1n) is 22.4. The molecule has 1 saturated heterocycles. The minimum atomic E-state index is -4.13. The van der Waals surface area contributed by atoms with Gasteiger partial charge in [0.25, 0.3) is 11.8 Å². The Morgan fingerprint density at radius 3 is 2.03 bits per heavy atom. The molecule has 2 aliphatic rings. The van der Waals surface area contributed by atoms with Crippen LogP contribution in [-0.2, 0) is 50.7 Å². The van der Waals surface area contributed by atoms with Gasteiger partial charge in [-0.25, -0.2) is 28.0 Å². The Morgan fingerprint density at radius 2 is 1.43 bits per heavy atom.